The molecule has 0 fully saturated rings. The van der Waals surface area contributed by atoms with Crippen LogP contribution in [0.3, 0.4) is 0 Å². The second-order valence-electron chi connectivity index (χ2n) is 6.84. The van der Waals surface area contributed by atoms with Gasteiger partial charge < -0.3 is 21.1 Å². The van der Waals surface area contributed by atoms with E-state index in [-0.39, 0.29) is 0 Å². The van der Waals surface area contributed by atoms with Gasteiger partial charge in [-0.2, -0.15) is 0 Å². The minimum Gasteiger partial charge on any atom is -0.493 e. The van der Waals surface area contributed by atoms with Gasteiger partial charge in [-0.25, -0.2) is 0 Å². The molecular formula is C20H23N3O2S. The largest absolute Gasteiger partial charge is 0.493 e. The van der Waals surface area contributed by atoms with Crippen LogP contribution in [0.5, 0.6) is 5.75 Å². The van der Waals surface area contributed by atoms with E-state index in [9.17, 15) is 4.79 Å². The molecule has 1 atom stereocenters. The van der Waals surface area contributed by atoms with Crippen LogP contribution in [0.15, 0.2) is 47.7 Å². The molecule has 6 heteroatoms. The maximum absolute atomic E-state index is 12.1. The van der Waals surface area contributed by atoms with Crippen LogP contribution in [0.2, 0.25) is 0 Å². The molecular weight excluding hydrogens is 346 g/mol. The number of nitrogens with one attached hydrogen (secondary N) is 2. The average molecular weight is 369 g/mol. The summed E-state index contributed by atoms with van der Waals surface area (Å²) in [4.78, 5) is 12.1. The fraction of sp³-hybridized carbons (Fsp3) is 0.300. The lowest BCUT2D eigenvalue weighted by atomic mass is 9.91. The average Bonchev–Trinajstić information content (AvgIpc) is 2.58. The molecule has 0 spiro atoms. The first-order valence-corrected chi connectivity index (χ1v) is 9.01. The van der Waals surface area contributed by atoms with E-state index in [0.29, 0.717) is 28.9 Å². The molecule has 0 saturated heterocycles. The number of fused-ring (bicyclic) bond motifs is 1. The Hall–Kier alpha value is -2.60. The van der Waals surface area contributed by atoms with Crippen LogP contribution in [-0.4, -0.2) is 17.6 Å². The third kappa shape index (κ3) is 3.51. The number of hydrogen-bond acceptors (Lipinski definition) is 3. The Morgan fingerprint density at radius 1 is 1.23 bits per heavy atom. The summed E-state index contributed by atoms with van der Waals surface area (Å²) in [6.07, 6.45) is 0. The summed E-state index contributed by atoms with van der Waals surface area (Å²) in [7, 11) is 0. The summed E-state index contributed by atoms with van der Waals surface area (Å²) in [5.41, 5.74) is 7.74. The molecule has 0 bridgehead atoms. The molecule has 2 aromatic carbocycles. The van der Waals surface area contributed by atoms with Gasteiger partial charge in [-0.15, -0.1) is 0 Å². The minimum atomic E-state index is -0.473. The summed E-state index contributed by atoms with van der Waals surface area (Å²) < 4.78 is 5.98. The predicted molar refractivity (Wildman–Crippen MR) is 108 cm³/mol. The first kappa shape index (κ1) is 18.2. The van der Waals surface area contributed by atoms with E-state index >= 15 is 0 Å². The van der Waals surface area contributed by atoms with Crippen molar-refractivity contribution in [1.29, 1.82) is 0 Å². The molecule has 1 heterocycles. The molecule has 1 amide bonds. The fourth-order valence-electron chi connectivity index (χ4n) is 3.18. The zero-order valence-electron chi connectivity index (χ0n) is 15.1. The number of carbonyl (C=O) groups excluding carboxylic acids is 1. The normalized spacial score (nSPS) is 17.2. The van der Waals surface area contributed by atoms with Crippen LogP contribution >= 0.6 is 12.2 Å². The van der Waals surface area contributed by atoms with Crippen molar-refractivity contribution in [1.82, 2.24) is 10.6 Å². The van der Waals surface area contributed by atoms with Gasteiger partial charge in [-0.1, -0.05) is 44.2 Å². The summed E-state index contributed by atoms with van der Waals surface area (Å²) in [6, 6.07) is 11.5. The van der Waals surface area contributed by atoms with E-state index < -0.39 is 11.9 Å². The van der Waals surface area contributed by atoms with Crippen molar-refractivity contribution in [3.05, 3.63) is 53.2 Å². The Morgan fingerprint density at radius 2 is 1.92 bits per heavy atom. The van der Waals surface area contributed by atoms with Crippen molar-refractivity contribution in [2.45, 2.75) is 26.8 Å². The second-order valence-corrected chi connectivity index (χ2v) is 7.25. The minimum absolute atomic E-state index is 0.398. The van der Waals surface area contributed by atoms with Crippen LogP contribution in [0, 0.1) is 5.92 Å². The molecule has 2 aromatic rings. The van der Waals surface area contributed by atoms with Crippen molar-refractivity contribution in [2.75, 3.05) is 6.61 Å². The van der Waals surface area contributed by atoms with Gasteiger partial charge in [0.15, 0.2) is 5.11 Å². The van der Waals surface area contributed by atoms with Gasteiger partial charge in [0.25, 0.3) is 0 Å². The Kier molecular flexibility index (Phi) is 5.13. The third-order valence-electron chi connectivity index (χ3n) is 4.34. The van der Waals surface area contributed by atoms with Gasteiger partial charge in [-0.3, -0.25) is 4.79 Å². The van der Waals surface area contributed by atoms with Gasteiger partial charge in [0.1, 0.15) is 5.75 Å². The van der Waals surface area contributed by atoms with E-state index in [2.05, 4.69) is 24.5 Å². The molecule has 136 valence electrons. The summed E-state index contributed by atoms with van der Waals surface area (Å²) >= 11 is 5.28. The zero-order valence-corrected chi connectivity index (χ0v) is 15.9. The fourth-order valence-corrected chi connectivity index (χ4v) is 3.45. The van der Waals surface area contributed by atoms with Gasteiger partial charge in [0, 0.05) is 11.1 Å². The Bertz CT molecular complexity index is 905. The quantitative estimate of drug-likeness (QED) is 0.706. The highest BCUT2D eigenvalue weighted by molar-refractivity contribution is 7.80. The number of amides is 1. The van der Waals surface area contributed by atoms with Crippen molar-refractivity contribution < 1.29 is 9.53 Å². The van der Waals surface area contributed by atoms with Crippen LogP contribution in [0.4, 0.5) is 0 Å². The molecule has 26 heavy (non-hydrogen) atoms. The highest BCUT2D eigenvalue weighted by Gasteiger charge is 2.29. The number of benzene rings is 2. The number of thiocarbonyl (C=S) groups is 1. The van der Waals surface area contributed by atoms with Crippen LogP contribution < -0.4 is 21.1 Å². The Morgan fingerprint density at radius 3 is 2.58 bits per heavy atom. The SMILES string of the molecule is CC1=C(C(N)=O)C(c2ccc(OCC(C)C)c3ccccc23)NC(=S)N1. The molecule has 0 aliphatic carbocycles. The maximum Gasteiger partial charge on any atom is 0.248 e. The van der Waals surface area contributed by atoms with Crippen LogP contribution in [0.1, 0.15) is 32.4 Å². The molecule has 1 aliphatic rings. The number of allylic oxidation sites excluding steroid dienone is 1. The summed E-state index contributed by atoms with van der Waals surface area (Å²) in [5, 5.41) is 8.63. The summed E-state index contributed by atoms with van der Waals surface area (Å²) in [6.45, 7) is 6.68. The highest BCUT2D eigenvalue weighted by Crippen LogP contribution is 2.36. The number of ether oxygens (including phenoxy) is 1. The van der Waals surface area contributed by atoms with Gasteiger partial charge >= 0.3 is 0 Å². The van der Waals surface area contributed by atoms with E-state index in [4.69, 9.17) is 22.7 Å². The number of rotatable bonds is 5. The number of hydrogen-bond donors (Lipinski definition) is 3. The van der Waals surface area contributed by atoms with Crippen molar-refractivity contribution in [2.24, 2.45) is 11.7 Å². The van der Waals surface area contributed by atoms with Gasteiger partial charge in [-0.05, 0) is 42.1 Å². The molecule has 5 nitrogen and oxygen atoms in total. The molecule has 3 rings (SSSR count). The lowest BCUT2D eigenvalue weighted by molar-refractivity contribution is -0.115. The molecule has 0 radical (unpaired) electrons. The monoisotopic (exact) mass is 369 g/mol. The number of nitrogens with two attached hydrogens (primary N) is 1. The lowest BCUT2D eigenvalue weighted by Gasteiger charge is -2.30. The zero-order chi connectivity index (χ0) is 18.8. The standard InChI is InChI=1S/C20H23N3O2S/c1-11(2)10-25-16-9-8-15(13-6-4-5-7-14(13)16)18-17(19(21)24)12(3)22-20(26)23-18/h4-9,11,18H,10H2,1-3H3,(H2,21,24)(H2,22,23,26). The Labute approximate surface area is 158 Å². The number of carbonyl (C=O) groups is 1. The van der Waals surface area contributed by atoms with Crippen molar-refractivity contribution >= 4 is 34.0 Å². The van der Waals surface area contributed by atoms with Gasteiger partial charge in [0.05, 0.1) is 18.2 Å². The molecule has 0 aromatic heterocycles. The summed E-state index contributed by atoms with van der Waals surface area (Å²) in [5.74, 6) is 0.791. The van der Waals surface area contributed by atoms with Crippen molar-refractivity contribution in [3.8, 4) is 5.75 Å². The van der Waals surface area contributed by atoms with Gasteiger partial charge in [0.2, 0.25) is 5.91 Å². The topological polar surface area (TPSA) is 76.4 Å². The number of primary amides is 1. The highest BCUT2D eigenvalue weighted by atomic mass is 32.1. The Balaban J connectivity index is 2.13. The third-order valence-corrected chi connectivity index (χ3v) is 4.56. The lowest BCUT2D eigenvalue weighted by Crippen LogP contribution is -2.46. The predicted octanol–water partition coefficient (Wildman–Crippen LogP) is 3.15. The molecule has 1 unspecified atom stereocenters. The molecule has 1 aliphatic heterocycles. The first-order chi connectivity index (χ1) is 12.4. The molecule has 0 saturated carbocycles. The first-order valence-electron chi connectivity index (χ1n) is 8.61. The van der Waals surface area contributed by atoms with E-state index in [1.54, 1.807) is 0 Å². The van der Waals surface area contributed by atoms with Crippen molar-refractivity contribution in [3.63, 3.8) is 0 Å². The van der Waals surface area contributed by atoms with E-state index in [1.807, 2.05) is 43.3 Å². The van der Waals surface area contributed by atoms with Crippen LogP contribution in [-0.2, 0) is 4.79 Å². The smallest absolute Gasteiger partial charge is 0.248 e. The second kappa shape index (κ2) is 7.33. The van der Waals surface area contributed by atoms with E-state index in [1.165, 1.54) is 0 Å². The maximum atomic E-state index is 12.1. The molecule has 4 N–H and O–H groups in total. The van der Waals surface area contributed by atoms with Crippen LogP contribution in [0.25, 0.3) is 10.8 Å². The van der Waals surface area contributed by atoms with E-state index in [0.717, 1.165) is 22.1 Å².